The molecule has 3 amide bonds. The van der Waals surface area contributed by atoms with Gasteiger partial charge in [-0.15, -0.1) is 0 Å². The Kier molecular flexibility index (Phi) is 4.37. The van der Waals surface area contributed by atoms with Crippen molar-refractivity contribution in [2.45, 2.75) is 63.1 Å². The summed E-state index contributed by atoms with van der Waals surface area (Å²) in [5, 5.41) is 12.8. The molecule has 8 nitrogen and oxygen atoms in total. The van der Waals surface area contributed by atoms with Gasteiger partial charge < -0.3 is 15.3 Å². The summed E-state index contributed by atoms with van der Waals surface area (Å²) in [6, 6.07) is 4.86. The lowest BCUT2D eigenvalue weighted by molar-refractivity contribution is -0.131. The first-order valence-electron chi connectivity index (χ1n) is 11.7. The molecule has 3 heterocycles. The monoisotopic (exact) mass is 469 g/mol. The number of anilines is 1. The maximum absolute atomic E-state index is 14.7. The molecule has 34 heavy (non-hydrogen) atoms. The van der Waals surface area contributed by atoms with Crippen LogP contribution >= 0.6 is 0 Å². The van der Waals surface area contributed by atoms with Crippen LogP contribution in [0.15, 0.2) is 18.2 Å². The van der Waals surface area contributed by atoms with Crippen molar-refractivity contribution in [3.8, 4) is 11.3 Å². The summed E-state index contributed by atoms with van der Waals surface area (Å²) in [6.07, 6.45) is 0.364. The fourth-order valence-corrected chi connectivity index (χ4v) is 5.72. The standard InChI is InChI=1S/C24H25F2N5O3/c1-3-30-20(33)23(29-22(30)34)8-6-13-10-14(4-5-16(13)23)18-15-7-9-24(25,26)19(15)28-21(27-18)31-11-17(32)12(31)2/h4-5,10,12,17,32H,3,6-9,11H2,1-2H3,(H,29,34)/t12-,17+,23+/m0/s1. The Balaban J connectivity index is 1.44. The number of β-amino-alcohol motifs (C(OH)–C–C–N with tert-alkyl or cyclic N) is 1. The number of halogens is 2. The van der Waals surface area contributed by atoms with Gasteiger partial charge in [0.05, 0.1) is 17.8 Å². The molecule has 0 saturated carbocycles. The lowest BCUT2D eigenvalue weighted by Gasteiger charge is -2.43. The van der Waals surface area contributed by atoms with E-state index in [9.17, 15) is 23.5 Å². The number of fused-ring (bicyclic) bond motifs is 3. The number of hydrogen-bond donors (Lipinski definition) is 2. The highest BCUT2D eigenvalue weighted by Gasteiger charge is 2.55. The first-order valence-corrected chi connectivity index (χ1v) is 11.7. The number of alkyl halides is 2. The van der Waals surface area contributed by atoms with Crippen LogP contribution in [0.1, 0.15) is 49.1 Å². The minimum absolute atomic E-state index is 0.178. The van der Waals surface area contributed by atoms with Gasteiger partial charge in [0.2, 0.25) is 5.95 Å². The van der Waals surface area contributed by atoms with Crippen molar-refractivity contribution in [1.29, 1.82) is 0 Å². The normalized spacial score (nSPS) is 28.9. The van der Waals surface area contributed by atoms with Crippen LogP contribution in [0.3, 0.4) is 0 Å². The van der Waals surface area contributed by atoms with Crippen LogP contribution in [0.4, 0.5) is 19.5 Å². The van der Waals surface area contributed by atoms with Gasteiger partial charge >= 0.3 is 6.03 Å². The zero-order chi connectivity index (χ0) is 24.0. The smallest absolute Gasteiger partial charge is 0.325 e. The zero-order valence-electron chi connectivity index (χ0n) is 18.9. The number of aliphatic hydroxyl groups excluding tert-OH is 1. The summed E-state index contributed by atoms with van der Waals surface area (Å²) in [6.45, 7) is 4.17. The van der Waals surface area contributed by atoms with Crippen molar-refractivity contribution in [1.82, 2.24) is 20.2 Å². The molecule has 178 valence electrons. The van der Waals surface area contributed by atoms with E-state index in [0.717, 1.165) is 11.1 Å². The number of hydrogen-bond acceptors (Lipinski definition) is 6. The molecule has 1 spiro atoms. The van der Waals surface area contributed by atoms with E-state index in [4.69, 9.17) is 0 Å². The molecule has 6 rings (SSSR count). The van der Waals surface area contributed by atoms with Gasteiger partial charge in [-0.3, -0.25) is 9.69 Å². The van der Waals surface area contributed by atoms with Crippen LogP contribution < -0.4 is 10.2 Å². The number of likely N-dealkylation sites (N-methyl/N-ethyl adjacent to an activating group) is 1. The third kappa shape index (κ3) is 2.71. The van der Waals surface area contributed by atoms with Crippen molar-refractivity contribution in [3.63, 3.8) is 0 Å². The molecule has 0 unspecified atom stereocenters. The molecule has 2 aliphatic carbocycles. The third-order valence-corrected chi connectivity index (χ3v) is 7.82. The molecule has 2 aromatic rings. The maximum atomic E-state index is 14.7. The number of nitrogens with zero attached hydrogens (tertiary/aromatic N) is 4. The quantitative estimate of drug-likeness (QED) is 0.671. The molecule has 0 radical (unpaired) electrons. The Labute approximate surface area is 195 Å². The number of aryl methyl sites for hydroxylation is 1. The van der Waals surface area contributed by atoms with Crippen LogP contribution in [0.2, 0.25) is 0 Å². The fraction of sp³-hybridized carbons (Fsp3) is 0.500. The SMILES string of the molecule is CCN1C(=O)N[C@@]2(CCc3cc(-c4nc(N5C[C@@H](O)[C@@H]5C)nc5c4CCC5(F)F)ccc32)C1=O. The highest BCUT2D eigenvalue weighted by Crippen LogP contribution is 2.47. The van der Waals surface area contributed by atoms with Crippen LogP contribution in [-0.4, -0.2) is 57.1 Å². The number of urea groups is 1. The van der Waals surface area contributed by atoms with Gasteiger partial charge in [-0.25, -0.2) is 14.8 Å². The predicted octanol–water partition coefficient (Wildman–Crippen LogP) is 2.46. The molecule has 2 fully saturated rings. The van der Waals surface area contributed by atoms with Gasteiger partial charge in [-0.1, -0.05) is 12.1 Å². The lowest BCUT2D eigenvalue weighted by Crippen LogP contribution is -2.59. The second-order valence-corrected chi connectivity index (χ2v) is 9.62. The minimum Gasteiger partial charge on any atom is -0.389 e. The minimum atomic E-state index is -3.03. The average Bonchev–Trinajstić information content (AvgIpc) is 3.42. The van der Waals surface area contributed by atoms with Crippen LogP contribution in [-0.2, 0) is 29.1 Å². The summed E-state index contributed by atoms with van der Waals surface area (Å²) >= 11 is 0. The molecule has 0 bridgehead atoms. The Morgan fingerprint density at radius 3 is 2.68 bits per heavy atom. The van der Waals surface area contributed by atoms with E-state index < -0.39 is 23.6 Å². The van der Waals surface area contributed by atoms with Crippen molar-refractivity contribution in [2.75, 3.05) is 18.0 Å². The summed E-state index contributed by atoms with van der Waals surface area (Å²) in [4.78, 5) is 37.2. The van der Waals surface area contributed by atoms with Crippen molar-refractivity contribution in [3.05, 3.63) is 40.6 Å². The number of imide groups is 1. The average molecular weight is 469 g/mol. The predicted molar refractivity (Wildman–Crippen MR) is 118 cm³/mol. The van der Waals surface area contributed by atoms with Crippen LogP contribution in [0.25, 0.3) is 11.3 Å². The Morgan fingerprint density at radius 1 is 1.21 bits per heavy atom. The summed E-state index contributed by atoms with van der Waals surface area (Å²) in [7, 11) is 0. The van der Waals surface area contributed by atoms with Crippen molar-refractivity contribution < 1.29 is 23.5 Å². The van der Waals surface area contributed by atoms with E-state index >= 15 is 0 Å². The van der Waals surface area contributed by atoms with Crippen molar-refractivity contribution in [2.24, 2.45) is 0 Å². The van der Waals surface area contributed by atoms with Gasteiger partial charge in [-0.05, 0) is 50.3 Å². The molecular formula is C24H25F2N5O3. The highest BCUT2D eigenvalue weighted by molar-refractivity contribution is 6.08. The molecule has 2 saturated heterocycles. The van der Waals surface area contributed by atoms with Gasteiger partial charge in [0.1, 0.15) is 11.2 Å². The molecule has 4 aliphatic rings. The Hall–Kier alpha value is -3.14. The number of benzene rings is 1. The second kappa shape index (κ2) is 6.94. The maximum Gasteiger partial charge on any atom is 0.325 e. The molecule has 1 aromatic carbocycles. The van der Waals surface area contributed by atoms with Gasteiger partial charge in [0, 0.05) is 30.6 Å². The van der Waals surface area contributed by atoms with E-state index in [0.29, 0.717) is 42.8 Å². The molecule has 3 atom stereocenters. The van der Waals surface area contributed by atoms with Gasteiger partial charge in [-0.2, -0.15) is 8.78 Å². The molecule has 10 heteroatoms. The van der Waals surface area contributed by atoms with E-state index in [-0.39, 0.29) is 36.4 Å². The Morgan fingerprint density at radius 2 is 2.00 bits per heavy atom. The summed E-state index contributed by atoms with van der Waals surface area (Å²) in [5.74, 6) is -3.08. The van der Waals surface area contributed by atoms with E-state index in [1.165, 1.54) is 4.90 Å². The molecule has 2 N–H and O–H groups in total. The van der Waals surface area contributed by atoms with Crippen LogP contribution in [0.5, 0.6) is 0 Å². The number of amides is 3. The topological polar surface area (TPSA) is 98.7 Å². The van der Waals surface area contributed by atoms with E-state index in [2.05, 4.69) is 15.3 Å². The number of aromatic nitrogens is 2. The molecule has 2 aliphatic heterocycles. The number of aliphatic hydroxyl groups is 1. The largest absolute Gasteiger partial charge is 0.389 e. The first-order chi connectivity index (χ1) is 16.2. The number of carbonyl (C=O) groups excluding carboxylic acids is 2. The number of rotatable bonds is 3. The summed E-state index contributed by atoms with van der Waals surface area (Å²) in [5.41, 5.74) is 1.94. The summed E-state index contributed by atoms with van der Waals surface area (Å²) < 4.78 is 29.4. The number of carbonyl (C=O) groups is 2. The molecular weight excluding hydrogens is 444 g/mol. The van der Waals surface area contributed by atoms with Crippen molar-refractivity contribution >= 4 is 17.9 Å². The molecule has 1 aromatic heterocycles. The second-order valence-electron chi connectivity index (χ2n) is 9.62. The van der Waals surface area contributed by atoms with Gasteiger partial charge in [0.25, 0.3) is 11.8 Å². The van der Waals surface area contributed by atoms with E-state index in [1.54, 1.807) is 17.9 Å². The highest BCUT2D eigenvalue weighted by atomic mass is 19.3. The van der Waals surface area contributed by atoms with Gasteiger partial charge in [0.15, 0.2) is 0 Å². The van der Waals surface area contributed by atoms with Crippen LogP contribution in [0, 0.1) is 0 Å². The zero-order valence-corrected chi connectivity index (χ0v) is 18.9. The number of nitrogens with one attached hydrogen (secondary N) is 1. The third-order valence-electron chi connectivity index (χ3n) is 7.82. The Bertz CT molecular complexity index is 1250. The van der Waals surface area contributed by atoms with E-state index in [1.807, 2.05) is 19.1 Å². The fourth-order valence-electron chi connectivity index (χ4n) is 5.72. The lowest BCUT2D eigenvalue weighted by atomic mass is 9.90. The first kappa shape index (κ1) is 21.4.